The van der Waals surface area contributed by atoms with Gasteiger partial charge in [-0.1, -0.05) is 12.1 Å². The number of carbonyl (C=O) groups excluding carboxylic acids is 2. The van der Waals surface area contributed by atoms with E-state index in [0.29, 0.717) is 36.8 Å². The fourth-order valence-corrected chi connectivity index (χ4v) is 2.76. The molecule has 0 atom stereocenters. The molecule has 7 heteroatoms. The van der Waals surface area contributed by atoms with Crippen LogP contribution in [-0.4, -0.2) is 55.9 Å². The molecule has 1 aromatic rings. The van der Waals surface area contributed by atoms with E-state index in [0.717, 1.165) is 0 Å². The van der Waals surface area contributed by atoms with Gasteiger partial charge in [-0.15, -0.1) is 0 Å². The number of amides is 1. The lowest BCUT2D eigenvalue weighted by Crippen LogP contribution is -2.28. The van der Waals surface area contributed by atoms with Crippen LogP contribution in [0.2, 0.25) is 0 Å². The van der Waals surface area contributed by atoms with Crippen molar-refractivity contribution in [2.45, 2.75) is 13.8 Å². The minimum Gasteiger partial charge on any atom is -0.504 e. The smallest absolute Gasteiger partial charge is 0.340 e. The summed E-state index contributed by atoms with van der Waals surface area (Å²) in [7, 11) is 2.80. The Morgan fingerprint density at radius 2 is 2.04 bits per heavy atom. The number of allylic oxidation sites excluding steroid dienone is 1. The minimum atomic E-state index is -0.609. The van der Waals surface area contributed by atoms with Gasteiger partial charge in [-0.25, -0.2) is 4.79 Å². The van der Waals surface area contributed by atoms with E-state index in [9.17, 15) is 14.7 Å². The number of aromatic hydroxyl groups is 1. The first-order valence-corrected chi connectivity index (χ1v) is 8.23. The van der Waals surface area contributed by atoms with Crippen LogP contribution >= 0.6 is 0 Å². The van der Waals surface area contributed by atoms with Gasteiger partial charge in [0.15, 0.2) is 11.5 Å². The zero-order valence-electron chi connectivity index (χ0n) is 15.4. The number of rotatable bonds is 7. The van der Waals surface area contributed by atoms with Crippen molar-refractivity contribution in [3.63, 3.8) is 0 Å². The third kappa shape index (κ3) is 3.72. The average Bonchev–Trinajstić information content (AvgIpc) is 2.86. The Labute approximate surface area is 152 Å². The second-order valence-corrected chi connectivity index (χ2v) is 5.59. The highest BCUT2D eigenvalue weighted by Gasteiger charge is 2.36. The van der Waals surface area contributed by atoms with Crippen molar-refractivity contribution in [1.82, 2.24) is 4.90 Å². The quantitative estimate of drug-likeness (QED) is 0.591. The predicted molar refractivity (Wildman–Crippen MR) is 95.6 cm³/mol. The normalized spacial score (nSPS) is 15.8. The molecule has 1 N–H and O–H groups in total. The molecule has 0 saturated heterocycles. The molecule has 1 heterocycles. The second kappa shape index (κ2) is 8.53. The molecule has 0 aliphatic carbocycles. The number of phenolic OH excluding ortho intramolecular Hbond substituents is 1. The van der Waals surface area contributed by atoms with E-state index in [1.807, 2.05) is 0 Å². The number of hydrogen-bond acceptors (Lipinski definition) is 6. The molecule has 1 aliphatic heterocycles. The number of ether oxygens (including phenoxy) is 3. The molecule has 0 aromatic heterocycles. The van der Waals surface area contributed by atoms with Crippen LogP contribution in [0.4, 0.5) is 0 Å². The van der Waals surface area contributed by atoms with Crippen molar-refractivity contribution >= 4 is 18.0 Å². The summed E-state index contributed by atoms with van der Waals surface area (Å²) in [5.74, 6) is -0.737. The average molecular weight is 361 g/mol. The number of carbonyl (C=O) groups is 2. The zero-order valence-corrected chi connectivity index (χ0v) is 15.4. The van der Waals surface area contributed by atoms with E-state index in [1.54, 1.807) is 32.0 Å². The van der Waals surface area contributed by atoms with Crippen molar-refractivity contribution < 1.29 is 28.9 Å². The first kappa shape index (κ1) is 19.5. The molecule has 26 heavy (non-hydrogen) atoms. The number of nitrogens with zero attached hydrogens (tertiary/aromatic N) is 1. The molecule has 2 rings (SSSR count). The minimum absolute atomic E-state index is 0.0909. The van der Waals surface area contributed by atoms with Crippen molar-refractivity contribution in [3.05, 3.63) is 40.6 Å². The van der Waals surface area contributed by atoms with Gasteiger partial charge in [0.2, 0.25) is 0 Å². The highest BCUT2D eigenvalue weighted by Crippen LogP contribution is 2.36. The molecule has 0 fully saturated rings. The molecule has 0 unspecified atom stereocenters. The third-order valence-electron chi connectivity index (χ3n) is 4.05. The zero-order chi connectivity index (χ0) is 19.3. The maximum absolute atomic E-state index is 12.8. The fraction of sp³-hybridized carbons (Fsp3) is 0.368. The summed E-state index contributed by atoms with van der Waals surface area (Å²) in [6.45, 7) is 4.51. The van der Waals surface area contributed by atoms with Gasteiger partial charge in [0.1, 0.15) is 0 Å². The Hall–Kier alpha value is -2.80. The van der Waals surface area contributed by atoms with Crippen LogP contribution in [-0.2, 0) is 19.1 Å². The Balaban J connectivity index is 2.52. The topological polar surface area (TPSA) is 85.3 Å². The van der Waals surface area contributed by atoms with Gasteiger partial charge in [0.05, 0.1) is 31.5 Å². The predicted octanol–water partition coefficient (Wildman–Crippen LogP) is 2.11. The van der Waals surface area contributed by atoms with Gasteiger partial charge in [-0.05, 0) is 26.0 Å². The number of benzene rings is 1. The van der Waals surface area contributed by atoms with Crippen LogP contribution < -0.4 is 4.74 Å². The van der Waals surface area contributed by atoms with Crippen LogP contribution in [0.3, 0.4) is 0 Å². The summed E-state index contributed by atoms with van der Waals surface area (Å²) >= 11 is 0. The first-order valence-electron chi connectivity index (χ1n) is 8.23. The van der Waals surface area contributed by atoms with Crippen molar-refractivity contribution in [2.75, 3.05) is 34.0 Å². The van der Waals surface area contributed by atoms with Gasteiger partial charge in [-0.2, -0.15) is 0 Å². The fourth-order valence-electron chi connectivity index (χ4n) is 2.76. The number of esters is 1. The molecule has 140 valence electrons. The maximum Gasteiger partial charge on any atom is 0.340 e. The van der Waals surface area contributed by atoms with Crippen molar-refractivity contribution in [1.29, 1.82) is 0 Å². The van der Waals surface area contributed by atoms with Crippen LogP contribution in [0.1, 0.15) is 19.4 Å². The van der Waals surface area contributed by atoms with Gasteiger partial charge >= 0.3 is 5.97 Å². The van der Waals surface area contributed by atoms with Gasteiger partial charge in [0.25, 0.3) is 5.91 Å². The maximum atomic E-state index is 12.8. The van der Waals surface area contributed by atoms with Crippen molar-refractivity contribution in [2.24, 2.45) is 0 Å². The largest absolute Gasteiger partial charge is 0.504 e. The number of para-hydroxylation sites is 1. The van der Waals surface area contributed by atoms with Gasteiger partial charge in [0, 0.05) is 24.9 Å². The Morgan fingerprint density at radius 1 is 1.31 bits per heavy atom. The van der Waals surface area contributed by atoms with E-state index in [1.165, 1.54) is 25.2 Å². The Morgan fingerprint density at radius 3 is 2.65 bits per heavy atom. The summed E-state index contributed by atoms with van der Waals surface area (Å²) < 4.78 is 15.2. The molecule has 0 spiro atoms. The SMILES string of the molecule is CCOc1cccc(/C=C2\C(=O)N(CCOC)C(C)=C2C(=O)OC)c1O. The van der Waals surface area contributed by atoms with E-state index in [4.69, 9.17) is 14.2 Å². The van der Waals surface area contributed by atoms with Crippen molar-refractivity contribution in [3.8, 4) is 11.5 Å². The van der Waals surface area contributed by atoms with Crippen LogP contribution in [0.15, 0.2) is 35.0 Å². The van der Waals surface area contributed by atoms with E-state index in [2.05, 4.69) is 0 Å². The summed E-state index contributed by atoms with van der Waals surface area (Å²) in [6, 6.07) is 4.97. The highest BCUT2D eigenvalue weighted by molar-refractivity contribution is 6.16. The summed E-state index contributed by atoms with van der Waals surface area (Å²) in [5, 5.41) is 10.4. The van der Waals surface area contributed by atoms with Gasteiger partial charge < -0.3 is 24.2 Å². The monoisotopic (exact) mass is 361 g/mol. The van der Waals surface area contributed by atoms with Crippen LogP contribution in [0, 0.1) is 0 Å². The van der Waals surface area contributed by atoms with Crippen LogP contribution in [0.25, 0.3) is 6.08 Å². The standard InChI is InChI=1S/C19H23NO6/c1-5-26-15-8-6-7-13(17(15)21)11-14-16(19(23)25-4)12(2)20(18(14)22)9-10-24-3/h6-8,11,21H,5,9-10H2,1-4H3/b14-11-. The van der Waals surface area contributed by atoms with E-state index >= 15 is 0 Å². The lowest BCUT2D eigenvalue weighted by Gasteiger charge is -2.16. The van der Waals surface area contributed by atoms with E-state index < -0.39 is 5.97 Å². The Kier molecular flexibility index (Phi) is 6.41. The van der Waals surface area contributed by atoms with Crippen LogP contribution in [0.5, 0.6) is 11.5 Å². The molecule has 7 nitrogen and oxygen atoms in total. The molecule has 1 amide bonds. The first-order chi connectivity index (χ1) is 12.5. The molecule has 0 radical (unpaired) electrons. The van der Waals surface area contributed by atoms with E-state index in [-0.39, 0.29) is 22.8 Å². The number of hydrogen-bond donors (Lipinski definition) is 1. The summed E-state index contributed by atoms with van der Waals surface area (Å²) in [6.07, 6.45) is 1.47. The third-order valence-corrected chi connectivity index (χ3v) is 4.05. The molecule has 1 aromatic carbocycles. The molecular formula is C19H23NO6. The molecular weight excluding hydrogens is 338 g/mol. The van der Waals surface area contributed by atoms with Gasteiger partial charge in [-0.3, -0.25) is 4.79 Å². The summed E-state index contributed by atoms with van der Waals surface area (Å²) in [4.78, 5) is 26.5. The second-order valence-electron chi connectivity index (χ2n) is 5.59. The highest BCUT2D eigenvalue weighted by atomic mass is 16.5. The summed E-state index contributed by atoms with van der Waals surface area (Å²) in [5.41, 5.74) is 1.21. The lowest BCUT2D eigenvalue weighted by molar-refractivity contribution is -0.136. The number of methoxy groups -OCH3 is 2. The molecule has 0 bridgehead atoms. The lowest BCUT2D eigenvalue weighted by atomic mass is 10.0. The molecule has 0 saturated carbocycles. The number of phenols is 1. The Bertz CT molecular complexity index is 765. The molecule has 1 aliphatic rings.